The first-order valence-electron chi connectivity index (χ1n) is 7.13. The Bertz CT molecular complexity index is 414. The molecule has 2 bridgehead atoms. The number of hydrogen-bond donors (Lipinski definition) is 1. The lowest BCUT2D eigenvalue weighted by Gasteiger charge is -2.46. The van der Waals surface area contributed by atoms with E-state index in [1.54, 1.807) is 0 Å². The van der Waals surface area contributed by atoms with E-state index >= 15 is 0 Å². The summed E-state index contributed by atoms with van der Waals surface area (Å²) in [4.78, 5) is 2.58. The summed E-state index contributed by atoms with van der Waals surface area (Å²) in [6.45, 7) is 4.59. The molecule has 0 radical (unpaired) electrons. The molecule has 0 spiro atoms. The highest BCUT2D eigenvalue weighted by atomic mass is 16.3. The molecule has 2 fully saturated rings. The van der Waals surface area contributed by atoms with E-state index in [0.29, 0.717) is 12.1 Å². The lowest BCUT2D eigenvalue weighted by atomic mass is 9.87. The molecule has 2 saturated heterocycles. The second kappa shape index (κ2) is 4.36. The third-order valence-corrected chi connectivity index (χ3v) is 4.87. The Hall–Kier alpha value is -0.860. The Morgan fingerprint density at radius 2 is 1.89 bits per heavy atom. The van der Waals surface area contributed by atoms with Crippen LogP contribution in [0.1, 0.15) is 45.1 Å². The fourth-order valence-corrected chi connectivity index (χ4v) is 4.02. The predicted molar refractivity (Wildman–Crippen MR) is 73.4 cm³/mol. The molecule has 2 aliphatic heterocycles. The number of aliphatic hydroxyl groups is 1. The molecule has 1 aromatic rings. The van der Waals surface area contributed by atoms with Gasteiger partial charge in [-0.05, 0) is 38.7 Å². The molecule has 0 saturated carbocycles. The van der Waals surface area contributed by atoms with Gasteiger partial charge in [0.05, 0.1) is 6.10 Å². The van der Waals surface area contributed by atoms with Crippen molar-refractivity contribution in [1.82, 2.24) is 4.90 Å². The molecule has 18 heavy (non-hydrogen) atoms. The summed E-state index contributed by atoms with van der Waals surface area (Å²) in [7, 11) is 0. The van der Waals surface area contributed by atoms with Crippen molar-refractivity contribution in [3.05, 3.63) is 35.9 Å². The third kappa shape index (κ3) is 1.79. The van der Waals surface area contributed by atoms with Crippen LogP contribution in [-0.2, 0) is 5.54 Å². The lowest BCUT2D eigenvalue weighted by Crippen LogP contribution is -2.52. The van der Waals surface area contributed by atoms with E-state index in [4.69, 9.17) is 0 Å². The maximum Gasteiger partial charge on any atom is 0.0710 e. The van der Waals surface area contributed by atoms with Gasteiger partial charge in [0, 0.05) is 17.6 Å². The van der Waals surface area contributed by atoms with Crippen molar-refractivity contribution in [3.63, 3.8) is 0 Å². The fourth-order valence-electron chi connectivity index (χ4n) is 4.02. The Balaban J connectivity index is 1.94. The van der Waals surface area contributed by atoms with Crippen LogP contribution in [0.2, 0.25) is 0 Å². The van der Waals surface area contributed by atoms with Crippen molar-refractivity contribution in [3.8, 4) is 0 Å². The highest BCUT2D eigenvalue weighted by Crippen LogP contribution is 2.44. The van der Waals surface area contributed by atoms with Gasteiger partial charge in [-0.1, -0.05) is 36.8 Å². The van der Waals surface area contributed by atoms with Gasteiger partial charge in [0.1, 0.15) is 0 Å². The minimum Gasteiger partial charge on any atom is -0.391 e. The number of nitrogens with zero attached hydrogens (tertiary/aromatic N) is 1. The Morgan fingerprint density at radius 1 is 1.17 bits per heavy atom. The summed E-state index contributed by atoms with van der Waals surface area (Å²) in [5.41, 5.74) is 1.38. The van der Waals surface area contributed by atoms with Crippen molar-refractivity contribution in [2.45, 2.75) is 63.3 Å². The molecule has 0 amide bonds. The summed E-state index contributed by atoms with van der Waals surface area (Å²) in [6, 6.07) is 11.6. The van der Waals surface area contributed by atoms with Crippen LogP contribution in [0.25, 0.3) is 0 Å². The van der Waals surface area contributed by atoms with Crippen LogP contribution in [0.15, 0.2) is 30.3 Å². The Morgan fingerprint density at radius 3 is 2.56 bits per heavy atom. The van der Waals surface area contributed by atoms with Crippen LogP contribution < -0.4 is 0 Å². The van der Waals surface area contributed by atoms with Crippen molar-refractivity contribution in [2.24, 2.45) is 0 Å². The number of hydrogen-bond acceptors (Lipinski definition) is 2. The average Bonchev–Trinajstić information content (AvgIpc) is 2.58. The van der Waals surface area contributed by atoms with E-state index in [0.717, 1.165) is 12.8 Å². The first-order valence-corrected chi connectivity index (χ1v) is 7.13. The summed E-state index contributed by atoms with van der Waals surface area (Å²) in [5, 5.41) is 10.2. The summed E-state index contributed by atoms with van der Waals surface area (Å²) in [6.07, 6.45) is 4.49. The zero-order chi connectivity index (χ0) is 12.8. The van der Waals surface area contributed by atoms with Crippen LogP contribution in [0.4, 0.5) is 0 Å². The SMILES string of the molecule is CC(C)(c1ccccc1)N1C2CCCC1C(O)C2. The van der Waals surface area contributed by atoms with Crippen molar-refractivity contribution < 1.29 is 5.11 Å². The van der Waals surface area contributed by atoms with E-state index < -0.39 is 0 Å². The summed E-state index contributed by atoms with van der Waals surface area (Å²) >= 11 is 0. The van der Waals surface area contributed by atoms with Crippen LogP contribution in [0.5, 0.6) is 0 Å². The maximum atomic E-state index is 10.2. The van der Waals surface area contributed by atoms with E-state index in [2.05, 4.69) is 49.1 Å². The second-order valence-electron chi connectivity index (χ2n) is 6.29. The molecule has 98 valence electrons. The molecule has 1 aromatic carbocycles. The molecule has 2 heterocycles. The van der Waals surface area contributed by atoms with Gasteiger partial charge >= 0.3 is 0 Å². The van der Waals surface area contributed by atoms with Gasteiger partial charge in [-0.3, -0.25) is 4.90 Å². The fraction of sp³-hybridized carbons (Fsp3) is 0.625. The van der Waals surface area contributed by atoms with Gasteiger partial charge in [0.25, 0.3) is 0 Å². The molecule has 3 unspecified atom stereocenters. The topological polar surface area (TPSA) is 23.5 Å². The normalized spacial score (nSPS) is 32.7. The largest absolute Gasteiger partial charge is 0.391 e. The standard InChI is InChI=1S/C16H23NO/c1-16(2,12-7-4-3-5-8-12)17-13-9-6-10-14(17)15(18)11-13/h3-5,7-8,13-15,18H,6,9-11H2,1-2H3. The molecule has 3 atom stereocenters. The molecule has 1 N–H and O–H groups in total. The van der Waals surface area contributed by atoms with Crippen LogP contribution in [0.3, 0.4) is 0 Å². The minimum absolute atomic E-state index is 0.0223. The number of benzene rings is 1. The van der Waals surface area contributed by atoms with Gasteiger partial charge in [0.2, 0.25) is 0 Å². The number of piperidine rings is 1. The van der Waals surface area contributed by atoms with E-state index in [1.165, 1.54) is 18.4 Å². The molecule has 0 aliphatic carbocycles. The molecule has 2 heteroatoms. The molecule has 3 rings (SSSR count). The van der Waals surface area contributed by atoms with E-state index in [1.807, 2.05) is 0 Å². The van der Waals surface area contributed by atoms with Gasteiger partial charge in [0.15, 0.2) is 0 Å². The smallest absolute Gasteiger partial charge is 0.0710 e. The minimum atomic E-state index is -0.125. The number of fused-ring (bicyclic) bond motifs is 2. The Kier molecular flexibility index (Phi) is 2.95. The van der Waals surface area contributed by atoms with Crippen molar-refractivity contribution in [1.29, 1.82) is 0 Å². The zero-order valence-corrected chi connectivity index (χ0v) is 11.3. The van der Waals surface area contributed by atoms with Gasteiger partial charge in [-0.2, -0.15) is 0 Å². The van der Waals surface area contributed by atoms with Crippen LogP contribution in [-0.4, -0.2) is 28.2 Å². The van der Waals surface area contributed by atoms with Crippen molar-refractivity contribution >= 4 is 0 Å². The second-order valence-corrected chi connectivity index (χ2v) is 6.29. The van der Waals surface area contributed by atoms with Gasteiger partial charge < -0.3 is 5.11 Å². The highest BCUT2D eigenvalue weighted by molar-refractivity contribution is 5.24. The first-order chi connectivity index (χ1) is 8.60. The first kappa shape index (κ1) is 12.2. The lowest BCUT2D eigenvalue weighted by molar-refractivity contribution is 0.00552. The monoisotopic (exact) mass is 245 g/mol. The number of rotatable bonds is 2. The molecule has 0 aromatic heterocycles. The number of aliphatic hydroxyl groups excluding tert-OH is 1. The molecule has 2 nitrogen and oxygen atoms in total. The molecule has 2 aliphatic rings. The highest BCUT2D eigenvalue weighted by Gasteiger charge is 2.49. The van der Waals surface area contributed by atoms with E-state index in [9.17, 15) is 5.11 Å². The summed E-state index contributed by atoms with van der Waals surface area (Å²) in [5.74, 6) is 0. The average molecular weight is 245 g/mol. The predicted octanol–water partition coefficient (Wildman–Crippen LogP) is 2.91. The van der Waals surface area contributed by atoms with Gasteiger partial charge in [-0.15, -0.1) is 0 Å². The third-order valence-electron chi connectivity index (χ3n) is 4.87. The van der Waals surface area contributed by atoms with E-state index in [-0.39, 0.29) is 11.6 Å². The van der Waals surface area contributed by atoms with Crippen molar-refractivity contribution in [2.75, 3.05) is 0 Å². The quantitative estimate of drug-likeness (QED) is 0.866. The molecular weight excluding hydrogens is 222 g/mol. The zero-order valence-electron chi connectivity index (χ0n) is 11.3. The molecular formula is C16H23NO. The Labute approximate surface area is 110 Å². The van der Waals surface area contributed by atoms with Crippen LogP contribution >= 0.6 is 0 Å². The van der Waals surface area contributed by atoms with Crippen LogP contribution in [0, 0.1) is 0 Å². The van der Waals surface area contributed by atoms with Gasteiger partial charge in [-0.25, -0.2) is 0 Å². The summed E-state index contributed by atoms with van der Waals surface area (Å²) < 4.78 is 0. The maximum absolute atomic E-state index is 10.2.